The number of dihydropyridines is 1. The molecule has 0 unspecified atom stereocenters. The molecule has 0 bridgehead atoms. The van der Waals surface area contributed by atoms with Crippen molar-refractivity contribution >= 4 is 52.3 Å². The number of benzene rings is 3. The third-order valence-electron chi connectivity index (χ3n) is 5.65. The van der Waals surface area contributed by atoms with Crippen molar-refractivity contribution in [1.29, 1.82) is 5.26 Å². The molecule has 0 aromatic heterocycles. The molecule has 3 aromatic rings. The van der Waals surface area contributed by atoms with Crippen LogP contribution in [-0.4, -0.2) is 17.4 Å². The summed E-state index contributed by atoms with van der Waals surface area (Å²) in [6.45, 7) is 1.77. The van der Waals surface area contributed by atoms with Gasteiger partial charge in [-0.3, -0.25) is 9.59 Å². The molecule has 0 radical (unpaired) electrons. The number of thioether (sulfide) groups is 1. The summed E-state index contributed by atoms with van der Waals surface area (Å²) >= 11 is 13.8. The Morgan fingerprint density at radius 1 is 1.00 bits per heavy atom. The molecule has 36 heavy (non-hydrogen) atoms. The van der Waals surface area contributed by atoms with E-state index in [1.165, 1.54) is 11.8 Å². The summed E-state index contributed by atoms with van der Waals surface area (Å²) in [5, 5.41) is 17.8. The minimum atomic E-state index is -0.716. The van der Waals surface area contributed by atoms with Gasteiger partial charge in [-0.25, -0.2) is 0 Å². The van der Waals surface area contributed by atoms with Crippen LogP contribution in [0.1, 0.15) is 28.8 Å². The van der Waals surface area contributed by atoms with E-state index in [9.17, 15) is 14.9 Å². The minimum absolute atomic E-state index is 0.0607. The number of rotatable bonds is 7. The highest BCUT2D eigenvalue weighted by Gasteiger charge is 2.36. The quantitative estimate of drug-likeness (QED) is 0.321. The molecular weight excluding hydrogens is 513 g/mol. The third kappa shape index (κ3) is 5.66. The SMILES string of the molecule is CC1=C(C(=O)Nc2ccc(Cl)cc2)[C@H](c2ccccc2Cl)C(C#N)=C(SCC(=O)c2ccccc2)N1. The summed E-state index contributed by atoms with van der Waals surface area (Å²) in [6, 6.07) is 25.1. The zero-order chi connectivity index (χ0) is 25.7. The Kier molecular flexibility index (Phi) is 8.17. The van der Waals surface area contributed by atoms with E-state index in [2.05, 4.69) is 16.7 Å². The predicted molar refractivity (Wildman–Crippen MR) is 146 cm³/mol. The van der Waals surface area contributed by atoms with Gasteiger partial charge >= 0.3 is 0 Å². The number of nitriles is 1. The highest BCUT2D eigenvalue weighted by Crippen LogP contribution is 2.43. The van der Waals surface area contributed by atoms with Gasteiger partial charge in [0.1, 0.15) is 0 Å². The van der Waals surface area contributed by atoms with Crippen LogP contribution >= 0.6 is 35.0 Å². The van der Waals surface area contributed by atoms with Crippen molar-refractivity contribution in [3.63, 3.8) is 0 Å². The Bertz CT molecular complexity index is 1410. The van der Waals surface area contributed by atoms with Crippen molar-refractivity contribution in [2.45, 2.75) is 12.8 Å². The Morgan fingerprint density at radius 2 is 1.67 bits per heavy atom. The molecule has 0 saturated heterocycles. The minimum Gasteiger partial charge on any atom is -0.353 e. The lowest BCUT2D eigenvalue weighted by molar-refractivity contribution is -0.113. The highest BCUT2D eigenvalue weighted by molar-refractivity contribution is 8.03. The van der Waals surface area contributed by atoms with Crippen LogP contribution in [0.15, 0.2) is 101 Å². The van der Waals surface area contributed by atoms with Gasteiger partial charge in [0, 0.05) is 32.6 Å². The number of nitrogens with one attached hydrogen (secondary N) is 2. The lowest BCUT2D eigenvalue weighted by atomic mass is 9.82. The van der Waals surface area contributed by atoms with Crippen LogP contribution in [-0.2, 0) is 4.79 Å². The average molecular weight is 534 g/mol. The maximum absolute atomic E-state index is 13.5. The van der Waals surface area contributed by atoms with E-state index in [0.717, 1.165) is 0 Å². The van der Waals surface area contributed by atoms with Crippen molar-refractivity contribution < 1.29 is 9.59 Å². The molecule has 5 nitrogen and oxygen atoms in total. The second kappa shape index (κ2) is 11.5. The van der Waals surface area contributed by atoms with Crippen LogP contribution in [0.3, 0.4) is 0 Å². The average Bonchev–Trinajstić information content (AvgIpc) is 2.89. The van der Waals surface area contributed by atoms with Crippen LogP contribution in [0.25, 0.3) is 0 Å². The summed E-state index contributed by atoms with van der Waals surface area (Å²) < 4.78 is 0. The van der Waals surface area contributed by atoms with Gasteiger partial charge in [-0.1, -0.05) is 83.5 Å². The van der Waals surface area contributed by atoms with Crippen molar-refractivity contribution in [3.05, 3.63) is 122 Å². The van der Waals surface area contributed by atoms with Gasteiger partial charge in [0.25, 0.3) is 5.91 Å². The fourth-order valence-electron chi connectivity index (χ4n) is 3.92. The molecule has 1 aliphatic heterocycles. The van der Waals surface area contributed by atoms with Gasteiger partial charge in [0.2, 0.25) is 0 Å². The second-order valence-electron chi connectivity index (χ2n) is 8.01. The number of amides is 1. The zero-order valence-electron chi connectivity index (χ0n) is 19.2. The van der Waals surface area contributed by atoms with Gasteiger partial charge in [-0.05, 0) is 42.8 Å². The van der Waals surface area contributed by atoms with Crippen LogP contribution in [0, 0.1) is 11.3 Å². The first-order valence-electron chi connectivity index (χ1n) is 11.0. The van der Waals surface area contributed by atoms with Crippen LogP contribution in [0.2, 0.25) is 10.0 Å². The molecule has 0 aliphatic carbocycles. The smallest absolute Gasteiger partial charge is 0.254 e. The van der Waals surface area contributed by atoms with E-state index in [1.54, 1.807) is 61.5 Å². The number of ketones is 1. The van der Waals surface area contributed by atoms with E-state index in [4.69, 9.17) is 23.2 Å². The van der Waals surface area contributed by atoms with Gasteiger partial charge < -0.3 is 10.6 Å². The molecule has 4 rings (SSSR count). The first kappa shape index (κ1) is 25.6. The molecule has 0 spiro atoms. The fourth-order valence-corrected chi connectivity index (χ4v) is 5.28. The number of nitrogens with zero attached hydrogens (tertiary/aromatic N) is 1. The van der Waals surface area contributed by atoms with E-state index in [0.29, 0.717) is 48.7 Å². The predicted octanol–water partition coefficient (Wildman–Crippen LogP) is 6.94. The number of anilines is 1. The number of hydrogen-bond donors (Lipinski definition) is 2. The number of Topliss-reactive ketones (excluding diaryl/α,β-unsaturated/α-hetero) is 1. The molecule has 1 amide bonds. The van der Waals surface area contributed by atoms with Gasteiger partial charge in [-0.2, -0.15) is 5.26 Å². The number of allylic oxidation sites excluding steroid dienone is 2. The van der Waals surface area contributed by atoms with Crippen LogP contribution in [0.5, 0.6) is 0 Å². The maximum atomic E-state index is 13.5. The second-order valence-corrected chi connectivity index (χ2v) is 9.84. The first-order valence-corrected chi connectivity index (χ1v) is 12.8. The Labute approximate surface area is 223 Å². The molecule has 1 atom stereocenters. The highest BCUT2D eigenvalue weighted by atomic mass is 35.5. The van der Waals surface area contributed by atoms with E-state index in [-0.39, 0.29) is 17.4 Å². The largest absolute Gasteiger partial charge is 0.353 e. The van der Waals surface area contributed by atoms with Gasteiger partial charge in [0.05, 0.1) is 28.3 Å². The first-order chi connectivity index (χ1) is 17.4. The zero-order valence-corrected chi connectivity index (χ0v) is 21.5. The molecule has 1 heterocycles. The molecule has 0 fully saturated rings. The summed E-state index contributed by atoms with van der Waals surface area (Å²) in [5.41, 5.74) is 3.05. The molecule has 3 aromatic carbocycles. The van der Waals surface area contributed by atoms with Crippen molar-refractivity contribution in [2.24, 2.45) is 0 Å². The molecule has 0 saturated carbocycles. The summed E-state index contributed by atoms with van der Waals surface area (Å²) in [6.07, 6.45) is 0. The van der Waals surface area contributed by atoms with Crippen LogP contribution in [0.4, 0.5) is 5.69 Å². The molecule has 180 valence electrons. The monoisotopic (exact) mass is 533 g/mol. The molecule has 8 heteroatoms. The van der Waals surface area contributed by atoms with Crippen molar-refractivity contribution in [3.8, 4) is 6.07 Å². The lowest BCUT2D eigenvalue weighted by Gasteiger charge is -2.30. The summed E-state index contributed by atoms with van der Waals surface area (Å²) in [7, 11) is 0. The van der Waals surface area contributed by atoms with E-state index < -0.39 is 5.92 Å². The summed E-state index contributed by atoms with van der Waals surface area (Å²) in [4.78, 5) is 26.2. The van der Waals surface area contributed by atoms with Crippen LogP contribution < -0.4 is 10.6 Å². The third-order valence-corrected chi connectivity index (χ3v) is 7.27. The fraction of sp³-hybridized carbons (Fsp3) is 0.107. The normalized spacial score (nSPS) is 15.2. The lowest BCUT2D eigenvalue weighted by Crippen LogP contribution is -2.31. The molecule has 2 N–H and O–H groups in total. The summed E-state index contributed by atoms with van der Waals surface area (Å²) in [5.74, 6) is -1.02. The van der Waals surface area contributed by atoms with E-state index in [1.807, 2.05) is 24.3 Å². The number of carbonyl (C=O) groups excluding carboxylic acids is 2. The molecule has 1 aliphatic rings. The number of hydrogen-bond acceptors (Lipinski definition) is 5. The Morgan fingerprint density at radius 3 is 2.33 bits per heavy atom. The topological polar surface area (TPSA) is 82.0 Å². The molecular formula is C28H21Cl2N3O2S. The standard InChI is InChI=1S/C28H21Cl2N3O2S/c1-17-25(27(35)33-20-13-11-19(29)12-14-20)26(21-9-5-6-10-23(21)30)22(15-31)28(32-17)36-16-24(34)18-7-3-2-4-8-18/h2-14,26,32H,16H2,1H3,(H,33,35)/t26-/m1/s1. The van der Waals surface area contributed by atoms with Crippen molar-refractivity contribution in [1.82, 2.24) is 5.32 Å². The number of halogens is 2. The van der Waals surface area contributed by atoms with Gasteiger partial charge in [-0.15, -0.1) is 0 Å². The Hall–Kier alpha value is -3.50. The van der Waals surface area contributed by atoms with E-state index >= 15 is 0 Å². The van der Waals surface area contributed by atoms with Crippen molar-refractivity contribution in [2.75, 3.05) is 11.1 Å². The number of carbonyl (C=O) groups is 2. The maximum Gasteiger partial charge on any atom is 0.254 e. The Balaban J connectivity index is 1.70. The van der Waals surface area contributed by atoms with Gasteiger partial charge in [0.15, 0.2) is 5.78 Å².